The second-order valence-corrected chi connectivity index (χ2v) is 3.40. The molecule has 0 spiro atoms. The number of pyridine rings is 1. The average molecular weight is 252 g/mol. The molecular weight excluding hydrogens is 245 g/mol. The Labute approximate surface area is 100 Å². The van der Waals surface area contributed by atoms with Crippen molar-refractivity contribution in [1.82, 2.24) is 4.98 Å². The number of hydrogen-bond donors (Lipinski definition) is 1. The molecule has 0 saturated carbocycles. The topological polar surface area (TPSA) is 42.0 Å². The van der Waals surface area contributed by atoms with Gasteiger partial charge in [0.2, 0.25) is 5.95 Å². The third-order valence-corrected chi connectivity index (χ3v) is 2.15. The highest BCUT2D eigenvalue weighted by Gasteiger charge is 2.15. The first kappa shape index (κ1) is 12.1. The fourth-order valence-electron chi connectivity index (χ4n) is 1.34. The van der Waals surface area contributed by atoms with Crippen molar-refractivity contribution in [2.45, 2.75) is 0 Å². The molecule has 6 heteroatoms. The van der Waals surface area contributed by atoms with Gasteiger partial charge in [0, 0.05) is 0 Å². The largest absolute Gasteiger partial charge is 0.306 e. The zero-order valence-corrected chi connectivity index (χ0v) is 8.95. The van der Waals surface area contributed by atoms with Gasteiger partial charge in [-0.3, -0.25) is 4.79 Å². The normalized spacial score (nSPS) is 10.2. The van der Waals surface area contributed by atoms with E-state index < -0.39 is 29.1 Å². The van der Waals surface area contributed by atoms with E-state index in [0.717, 1.165) is 18.2 Å². The van der Waals surface area contributed by atoms with Gasteiger partial charge in [-0.25, -0.2) is 13.8 Å². The number of halogens is 3. The lowest BCUT2D eigenvalue weighted by Crippen LogP contribution is -2.15. The molecule has 3 nitrogen and oxygen atoms in total. The summed E-state index contributed by atoms with van der Waals surface area (Å²) in [6.07, 6.45) is 0. The zero-order valence-electron chi connectivity index (χ0n) is 8.95. The smallest absolute Gasteiger partial charge is 0.259 e. The fraction of sp³-hybridized carbons (Fsp3) is 0. The van der Waals surface area contributed by atoms with Gasteiger partial charge in [-0.1, -0.05) is 12.1 Å². The Morgan fingerprint density at radius 1 is 1.06 bits per heavy atom. The summed E-state index contributed by atoms with van der Waals surface area (Å²) in [4.78, 5) is 15.0. The quantitative estimate of drug-likeness (QED) is 0.835. The van der Waals surface area contributed by atoms with E-state index in [-0.39, 0.29) is 5.82 Å². The van der Waals surface area contributed by atoms with Crippen molar-refractivity contribution >= 4 is 11.7 Å². The van der Waals surface area contributed by atoms with Crippen LogP contribution >= 0.6 is 0 Å². The SMILES string of the molecule is O=C(Nc1cccc(F)n1)c1cccc(F)c1F. The monoisotopic (exact) mass is 252 g/mol. The van der Waals surface area contributed by atoms with Gasteiger partial charge < -0.3 is 5.32 Å². The molecule has 0 aliphatic rings. The molecule has 0 fully saturated rings. The molecule has 1 N–H and O–H groups in total. The molecule has 0 aliphatic carbocycles. The molecule has 0 atom stereocenters. The lowest BCUT2D eigenvalue weighted by molar-refractivity contribution is 0.102. The summed E-state index contributed by atoms with van der Waals surface area (Å²) in [5.41, 5.74) is -0.471. The Morgan fingerprint density at radius 3 is 2.50 bits per heavy atom. The standard InChI is InChI=1S/C12H7F3N2O/c13-8-4-1-3-7(11(8)15)12(18)17-10-6-2-5-9(14)16-10/h1-6H,(H,16,17,18). The van der Waals surface area contributed by atoms with Gasteiger partial charge in [0.05, 0.1) is 5.56 Å². The van der Waals surface area contributed by atoms with E-state index in [4.69, 9.17) is 0 Å². The lowest BCUT2D eigenvalue weighted by Gasteiger charge is -2.05. The minimum atomic E-state index is -1.26. The molecule has 1 aromatic heterocycles. The average Bonchev–Trinajstić information content (AvgIpc) is 2.32. The molecule has 1 heterocycles. The molecule has 0 aliphatic heterocycles. The summed E-state index contributed by atoms with van der Waals surface area (Å²) in [7, 11) is 0. The number of nitrogens with one attached hydrogen (secondary N) is 1. The van der Waals surface area contributed by atoms with Crippen molar-refractivity contribution in [1.29, 1.82) is 0 Å². The number of anilines is 1. The number of hydrogen-bond acceptors (Lipinski definition) is 2. The first-order chi connectivity index (χ1) is 8.58. The Balaban J connectivity index is 2.25. The van der Waals surface area contributed by atoms with Crippen molar-refractivity contribution in [3.05, 3.63) is 59.5 Å². The molecule has 1 aromatic carbocycles. The highest BCUT2D eigenvalue weighted by atomic mass is 19.2. The summed E-state index contributed by atoms with van der Waals surface area (Å²) in [5.74, 6) is -4.15. The molecule has 0 bridgehead atoms. The van der Waals surface area contributed by atoms with Crippen LogP contribution in [0.1, 0.15) is 10.4 Å². The van der Waals surface area contributed by atoms with Gasteiger partial charge in [-0.05, 0) is 24.3 Å². The maximum absolute atomic E-state index is 13.3. The first-order valence-corrected chi connectivity index (χ1v) is 4.96. The number of carbonyl (C=O) groups excluding carboxylic acids is 1. The summed E-state index contributed by atoms with van der Waals surface area (Å²) in [6.45, 7) is 0. The van der Waals surface area contributed by atoms with Crippen molar-refractivity contribution in [2.24, 2.45) is 0 Å². The van der Waals surface area contributed by atoms with Gasteiger partial charge in [0.1, 0.15) is 5.82 Å². The van der Waals surface area contributed by atoms with E-state index in [2.05, 4.69) is 10.3 Å². The van der Waals surface area contributed by atoms with Crippen LogP contribution < -0.4 is 5.32 Å². The summed E-state index contributed by atoms with van der Waals surface area (Å²) in [5, 5.41) is 2.17. The molecule has 18 heavy (non-hydrogen) atoms. The molecule has 0 unspecified atom stereocenters. The number of nitrogens with zero attached hydrogens (tertiary/aromatic N) is 1. The summed E-state index contributed by atoms with van der Waals surface area (Å²) in [6, 6.07) is 6.97. The van der Waals surface area contributed by atoms with Crippen molar-refractivity contribution < 1.29 is 18.0 Å². The lowest BCUT2D eigenvalue weighted by atomic mass is 10.2. The van der Waals surface area contributed by atoms with Crippen LogP contribution in [0.25, 0.3) is 0 Å². The Hall–Kier alpha value is -2.37. The van der Waals surface area contributed by atoms with Crippen molar-refractivity contribution in [3.63, 3.8) is 0 Å². The van der Waals surface area contributed by atoms with Crippen LogP contribution in [0.3, 0.4) is 0 Å². The fourth-order valence-corrected chi connectivity index (χ4v) is 1.34. The highest BCUT2D eigenvalue weighted by molar-refractivity contribution is 6.03. The number of benzene rings is 1. The molecular formula is C12H7F3N2O. The third kappa shape index (κ3) is 2.48. The number of rotatable bonds is 2. The van der Waals surface area contributed by atoms with Gasteiger partial charge >= 0.3 is 0 Å². The minimum Gasteiger partial charge on any atom is -0.306 e. The van der Waals surface area contributed by atoms with Crippen LogP contribution in [0.4, 0.5) is 19.0 Å². The Kier molecular flexibility index (Phi) is 3.27. The van der Waals surface area contributed by atoms with E-state index in [1.54, 1.807) is 0 Å². The molecule has 0 saturated heterocycles. The molecule has 2 aromatic rings. The van der Waals surface area contributed by atoms with E-state index in [9.17, 15) is 18.0 Å². The number of aromatic nitrogens is 1. The van der Waals surface area contributed by atoms with Crippen LogP contribution in [0, 0.1) is 17.6 Å². The summed E-state index contributed by atoms with van der Waals surface area (Å²) < 4.78 is 39.0. The summed E-state index contributed by atoms with van der Waals surface area (Å²) >= 11 is 0. The van der Waals surface area contributed by atoms with Gasteiger partial charge in [0.15, 0.2) is 11.6 Å². The maximum atomic E-state index is 13.3. The van der Waals surface area contributed by atoms with Crippen LogP contribution in [-0.2, 0) is 0 Å². The minimum absolute atomic E-state index is 0.0799. The predicted molar refractivity (Wildman–Crippen MR) is 58.5 cm³/mol. The maximum Gasteiger partial charge on any atom is 0.259 e. The van der Waals surface area contributed by atoms with Gasteiger partial charge in [0.25, 0.3) is 5.91 Å². The van der Waals surface area contributed by atoms with Gasteiger partial charge in [-0.15, -0.1) is 0 Å². The van der Waals surface area contributed by atoms with E-state index in [1.807, 2.05) is 0 Å². The number of carbonyl (C=O) groups is 1. The van der Waals surface area contributed by atoms with E-state index in [1.165, 1.54) is 18.2 Å². The van der Waals surface area contributed by atoms with E-state index in [0.29, 0.717) is 0 Å². The van der Waals surface area contributed by atoms with Gasteiger partial charge in [-0.2, -0.15) is 4.39 Å². The van der Waals surface area contributed by atoms with Crippen LogP contribution in [0.2, 0.25) is 0 Å². The molecule has 1 amide bonds. The molecule has 2 rings (SSSR count). The Morgan fingerprint density at radius 2 is 1.78 bits per heavy atom. The van der Waals surface area contributed by atoms with Crippen LogP contribution in [-0.4, -0.2) is 10.9 Å². The Bertz CT molecular complexity index is 602. The second-order valence-electron chi connectivity index (χ2n) is 3.40. The molecule has 0 radical (unpaired) electrons. The van der Waals surface area contributed by atoms with Crippen molar-refractivity contribution in [2.75, 3.05) is 5.32 Å². The first-order valence-electron chi connectivity index (χ1n) is 4.96. The number of amides is 1. The third-order valence-electron chi connectivity index (χ3n) is 2.15. The zero-order chi connectivity index (χ0) is 13.1. The predicted octanol–water partition coefficient (Wildman–Crippen LogP) is 2.75. The van der Waals surface area contributed by atoms with Crippen LogP contribution in [0.5, 0.6) is 0 Å². The van der Waals surface area contributed by atoms with E-state index >= 15 is 0 Å². The van der Waals surface area contributed by atoms with Crippen molar-refractivity contribution in [3.8, 4) is 0 Å². The van der Waals surface area contributed by atoms with Crippen LogP contribution in [0.15, 0.2) is 36.4 Å². The molecule has 92 valence electrons. The second kappa shape index (κ2) is 4.87. The highest BCUT2D eigenvalue weighted by Crippen LogP contribution is 2.13.